The van der Waals surface area contributed by atoms with Gasteiger partial charge in [-0.05, 0) is 37.3 Å². The molecule has 3 rings (SSSR count). The lowest BCUT2D eigenvalue weighted by molar-refractivity contribution is 0.289. The largest absolute Gasteiger partial charge is 0.308 e. The second-order valence-corrected chi connectivity index (χ2v) is 6.59. The summed E-state index contributed by atoms with van der Waals surface area (Å²) in [6.07, 6.45) is 2.35. The van der Waals surface area contributed by atoms with Crippen LogP contribution >= 0.6 is 22.9 Å². The lowest BCUT2D eigenvalue weighted by Crippen LogP contribution is -2.39. The highest BCUT2D eigenvalue weighted by molar-refractivity contribution is 7.09. The molecule has 1 aliphatic rings. The zero-order valence-corrected chi connectivity index (χ0v) is 12.5. The fraction of sp³-hybridized carbons (Fsp3) is 0.400. The molecule has 1 aromatic heterocycles. The first-order valence-corrected chi connectivity index (χ1v) is 7.87. The summed E-state index contributed by atoms with van der Waals surface area (Å²) in [5.74, 6) is 0.614. The van der Waals surface area contributed by atoms with Crippen LogP contribution in [0.5, 0.6) is 0 Å². The predicted molar refractivity (Wildman–Crippen MR) is 80.9 cm³/mol. The molecule has 4 heteroatoms. The van der Waals surface area contributed by atoms with Gasteiger partial charge in [0.2, 0.25) is 0 Å². The summed E-state index contributed by atoms with van der Waals surface area (Å²) in [5.41, 5.74) is 2.45. The summed E-state index contributed by atoms with van der Waals surface area (Å²) in [5, 5.41) is 7.74. The van der Waals surface area contributed by atoms with Gasteiger partial charge in [-0.25, -0.2) is 4.98 Å². The van der Waals surface area contributed by atoms with Crippen LogP contribution in [0.3, 0.4) is 0 Å². The maximum Gasteiger partial charge on any atom is 0.0897 e. The quantitative estimate of drug-likeness (QED) is 0.916. The molecule has 2 aromatic rings. The first kappa shape index (κ1) is 13.1. The van der Waals surface area contributed by atoms with Crippen LogP contribution in [-0.4, -0.2) is 11.0 Å². The first-order chi connectivity index (χ1) is 9.22. The van der Waals surface area contributed by atoms with Crippen molar-refractivity contribution in [2.75, 3.05) is 0 Å². The van der Waals surface area contributed by atoms with Gasteiger partial charge in [0.1, 0.15) is 0 Å². The summed E-state index contributed by atoms with van der Waals surface area (Å²) in [6.45, 7) is 2.93. The highest BCUT2D eigenvalue weighted by Crippen LogP contribution is 2.39. The van der Waals surface area contributed by atoms with Crippen molar-refractivity contribution < 1.29 is 0 Å². The molecule has 1 aliphatic carbocycles. The zero-order valence-electron chi connectivity index (χ0n) is 10.9. The molecule has 0 aliphatic heterocycles. The Hall–Kier alpha value is -0.900. The van der Waals surface area contributed by atoms with Gasteiger partial charge in [0.15, 0.2) is 0 Å². The molecule has 1 fully saturated rings. The molecule has 0 bridgehead atoms. The van der Waals surface area contributed by atoms with E-state index >= 15 is 0 Å². The lowest BCUT2D eigenvalue weighted by Gasteiger charge is -2.36. The average molecular weight is 293 g/mol. The summed E-state index contributed by atoms with van der Waals surface area (Å²) >= 11 is 7.94. The zero-order chi connectivity index (χ0) is 13.2. The minimum absolute atomic E-state index is 0.600. The van der Waals surface area contributed by atoms with Crippen LogP contribution in [0.25, 0.3) is 0 Å². The van der Waals surface area contributed by atoms with Crippen LogP contribution in [-0.2, 0) is 6.54 Å². The number of aromatic nitrogens is 1. The van der Waals surface area contributed by atoms with E-state index in [2.05, 4.69) is 27.8 Å². The molecule has 2 nitrogen and oxygen atoms in total. The number of rotatable bonds is 4. The Kier molecular flexibility index (Phi) is 3.87. The molecule has 1 aromatic carbocycles. The third-order valence-corrected chi connectivity index (χ3v) is 4.89. The van der Waals surface area contributed by atoms with Gasteiger partial charge in [-0.3, -0.25) is 0 Å². The fourth-order valence-corrected chi connectivity index (χ4v) is 3.49. The van der Waals surface area contributed by atoms with E-state index in [1.807, 2.05) is 19.1 Å². The van der Waals surface area contributed by atoms with Crippen LogP contribution in [0.2, 0.25) is 5.02 Å². The van der Waals surface area contributed by atoms with Gasteiger partial charge in [-0.1, -0.05) is 29.8 Å². The van der Waals surface area contributed by atoms with Gasteiger partial charge in [0.05, 0.1) is 10.7 Å². The van der Waals surface area contributed by atoms with Crippen molar-refractivity contribution in [2.45, 2.75) is 38.3 Å². The maximum absolute atomic E-state index is 6.23. The van der Waals surface area contributed by atoms with Gasteiger partial charge in [0, 0.05) is 23.0 Å². The second-order valence-electron chi connectivity index (χ2n) is 5.13. The number of hydrogen-bond donors (Lipinski definition) is 1. The van der Waals surface area contributed by atoms with Gasteiger partial charge in [-0.2, -0.15) is 0 Å². The van der Waals surface area contributed by atoms with E-state index in [4.69, 9.17) is 11.6 Å². The van der Waals surface area contributed by atoms with E-state index in [0.717, 1.165) is 22.3 Å². The van der Waals surface area contributed by atoms with Crippen LogP contribution in [0.15, 0.2) is 29.6 Å². The highest BCUT2D eigenvalue weighted by atomic mass is 35.5. The van der Waals surface area contributed by atoms with Gasteiger partial charge >= 0.3 is 0 Å². The Morgan fingerprint density at radius 2 is 2.16 bits per heavy atom. The summed E-state index contributed by atoms with van der Waals surface area (Å²) in [7, 11) is 0. The monoisotopic (exact) mass is 292 g/mol. The van der Waals surface area contributed by atoms with E-state index in [9.17, 15) is 0 Å². The Bertz CT molecular complexity index is 561. The summed E-state index contributed by atoms with van der Waals surface area (Å²) in [4.78, 5) is 4.47. The summed E-state index contributed by atoms with van der Waals surface area (Å²) in [6, 6.07) is 8.79. The van der Waals surface area contributed by atoms with Gasteiger partial charge in [0.25, 0.3) is 0 Å². The van der Waals surface area contributed by atoms with Crippen molar-refractivity contribution in [1.82, 2.24) is 10.3 Å². The molecular formula is C15H17ClN2S. The van der Waals surface area contributed by atoms with E-state index in [1.54, 1.807) is 11.3 Å². The minimum Gasteiger partial charge on any atom is -0.308 e. The number of halogens is 1. The SMILES string of the molecule is Cc1nc(CNC2CC(c3ccccc3Cl)C2)cs1. The van der Waals surface area contributed by atoms with Crippen LogP contribution in [0, 0.1) is 6.92 Å². The Morgan fingerprint density at radius 3 is 2.84 bits per heavy atom. The van der Waals surface area contributed by atoms with Crippen molar-refractivity contribution in [3.63, 3.8) is 0 Å². The fourth-order valence-electron chi connectivity index (χ4n) is 2.58. The Morgan fingerprint density at radius 1 is 1.37 bits per heavy atom. The topological polar surface area (TPSA) is 24.9 Å². The molecule has 19 heavy (non-hydrogen) atoms. The Labute approximate surface area is 122 Å². The van der Waals surface area contributed by atoms with Crippen LogP contribution < -0.4 is 5.32 Å². The third kappa shape index (κ3) is 2.99. The third-order valence-electron chi connectivity index (χ3n) is 3.72. The molecule has 0 amide bonds. The van der Waals surface area contributed by atoms with Crippen molar-refractivity contribution in [3.05, 3.63) is 50.9 Å². The number of nitrogens with one attached hydrogen (secondary N) is 1. The van der Waals surface area contributed by atoms with E-state index in [-0.39, 0.29) is 0 Å². The van der Waals surface area contributed by atoms with E-state index in [1.165, 1.54) is 18.4 Å². The van der Waals surface area contributed by atoms with Gasteiger partial charge in [-0.15, -0.1) is 11.3 Å². The minimum atomic E-state index is 0.600. The standard InChI is InChI=1S/C15H17ClN2S/c1-10-18-13(9-19-10)8-17-12-6-11(7-12)14-4-2-3-5-15(14)16/h2-5,9,11-12,17H,6-8H2,1H3. The van der Waals surface area contributed by atoms with Crippen molar-refractivity contribution >= 4 is 22.9 Å². The number of nitrogens with zero attached hydrogens (tertiary/aromatic N) is 1. The number of aryl methyl sites for hydroxylation is 1. The van der Waals surface area contributed by atoms with E-state index < -0.39 is 0 Å². The van der Waals surface area contributed by atoms with Crippen molar-refractivity contribution in [3.8, 4) is 0 Å². The normalized spacial score (nSPS) is 22.2. The Balaban J connectivity index is 1.49. The predicted octanol–water partition coefficient (Wildman–Crippen LogP) is 4.14. The molecule has 0 spiro atoms. The maximum atomic E-state index is 6.23. The lowest BCUT2D eigenvalue weighted by atomic mass is 9.76. The smallest absolute Gasteiger partial charge is 0.0897 e. The molecule has 1 heterocycles. The molecule has 0 atom stereocenters. The molecule has 0 unspecified atom stereocenters. The van der Waals surface area contributed by atoms with Crippen molar-refractivity contribution in [2.24, 2.45) is 0 Å². The number of thiazole rings is 1. The van der Waals surface area contributed by atoms with Crippen LogP contribution in [0.4, 0.5) is 0 Å². The summed E-state index contributed by atoms with van der Waals surface area (Å²) < 4.78 is 0. The van der Waals surface area contributed by atoms with E-state index in [0.29, 0.717) is 12.0 Å². The van der Waals surface area contributed by atoms with Gasteiger partial charge < -0.3 is 5.32 Å². The van der Waals surface area contributed by atoms with Crippen LogP contribution in [0.1, 0.15) is 35.0 Å². The molecule has 0 saturated heterocycles. The first-order valence-electron chi connectivity index (χ1n) is 6.61. The highest BCUT2D eigenvalue weighted by Gasteiger charge is 2.30. The second kappa shape index (κ2) is 5.61. The average Bonchev–Trinajstić information content (AvgIpc) is 2.75. The molecular weight excluding hydrogens is 276 g/mol. The molecule has 0 radical (unpaired) electrons. The number of benzene rings is 1. The molecule has 100 valence electrons. The molecule has 1 saturated carbocycles. The molecule has 1 N–H and O–H groups in total. The van der Waals surface area contributed by atoms with Crippen molar-refractivity contribution in [1.29, 1.82) is 0 Å². The number of hydrogen-bond acceptors (Lipinski definition) is 3.